The van der Waals surface area contributed by atoms with Crippen molar-refractivity contribution in [1.29, 1.82) is 0 Å². The van der Waals surface area contributed by atoms with Crippen molar-refractivity contribution < 1.29 is 9.59 Å². The molecular formula is C17H15BrIN3O2. The van der Waals surface area contributed by atoms with Crippen LogP contribution >= 0.6 is 38.5 Å². The van der Waals surface area contributed by atoms with Crippen molar-refractivity contribution in [3.05, 3.63) is 62.1 Å². The average molecular weight is 500 g/mol. The first kappa shape index (κ1) is 18.6. The summed E-state index contributed by atoms with van der Waals surface area (Å²) in [5, 5.41) is 6.76. The Morgan fingerprint density at radius 3 is 2.46 bits per heavy atom. The number of halogens is 2. The van der Waals surface area contributed by atoms with Crippen LogP contribution in [0.4, 0.5) is 5.69 Å². The number of hydrogen-bond acceptors (Lipinski definition) is 3. The lowest BCUT2D eigenvalue weighted by molar-refractivity contribution is -0.115. The summed E-state index contributed by atoms with van der Waals surface area (Å²) in [7, 11) is 0. The van der Waals surface area contributed by atoms with Crippen molar-refractivity contribution in [3.63, 3.8) is 0 Å². The molecule has 2 rings (SSSR count). The molecule has 7 heteroatoms. The Morgan fingerprint density at radius 2 is 1.79 bits per heavy atom. The second-order valence-electron chi connectivity index (χ2n) is 5.00. The summed E-state index contributed by atoms with van der Waals surface area (Å²) in [5.41, 5.74) is 4.25. The molecule has 2 amide bonds. The van der Waals surface area contributed by atoms with Gasteiger partial charge in [0.15, 0.2) is 0 Å². The zero-order chi connectivity index (χ0) is 17.5. The molecule has 0 atom stereocenters. The molecular weight excluding hydrogens is 485 g/mol. The highest BCUT2D eigenvalue weighted by Gasteiger charge is 2.09. The third kappa shape index (κ3) is 5.72. The average Bonchev–Trinajstić information content (AvgIpc) is 2.55. The first-order valence-corrected chi connectivity index (χ1v) is 8.96. The van der Waals surface area contributed by atoms with Crippen LogP contribution in [-0.4, -0.2) is 17.5 Å². The van der Waals surface area contributed by atoms with Gasteiger partial charge < -0.3 is 5.32 Å². The maximum absolute atomic E-state index is 12.1. The lowest BCUT2D eigenvalue weighted by atomic mass is 10.2. The number of nitrogens with one attached hydrogen (secondary N) is 2. The van der Waals surface area contributed by atoms with Crippen LogP contribution in [0.5, 0.6) is 0 Å². The molecule has 0 aliphatic carbocycles. The molecule has 0 saturated carbocycles. The van der Waals surface area contributed by atoms with E-state index in [1.54, 1.807) is 31.2 Å². The van der Waals surface area contributed by atoms with Gasteiger partial charge in [0.1, 0.15) is 0 Å². The van der Waals surface area contributed by atoms with E-state index in [4.69, 9.17) is 0 Å². The zero-order valence-electron chi connectivity index (χ0n) is 12.8. The van der Waals surface area contributed by atoms with Gasteiger partial charge in [-0.3, -0.25) is 9.59 Å². The summed E-state index contributed by atoms with van der Waals surface area (Å²) >= 11 is 5.43. The molecule has 2 aromatic rings. The first-order chi connectivity index (χ1) is 11.5. The number of amides is 2. The minimum Gasteiger partial charge on any atom is -0.326 e. The van der Waals surface area contributed by atoms with Gasteiger partial charge in [-0.2, -0.15) is 5.10 Å². The topological polar surface area (TPSA) is 70.6 Å². The predicted octanol–water partition coefficient (Wildman–Crippen LogP) is 4.19. The number of anilines is 1. The van der Waals surface area contributed by atoms with E-state index in [-0.39, 0.29) is 18.2 Å². The number of hydrogen-bond donors (Lipinski definition) is 2. The van der Waals surface area contributed by atoms with E-state index in [1.807, 2.05) is 24.3 Å². The third-order valence-corrected chi connectivity index (χ3v) is 4.48. The number of nitrogens with zero attached hydrogens (tertiary/aromatic N) is 1. The van der Waals surface area contributed by atoms with Crippen LogP contribution in [-0.2, 0) is 4.79 Å². The number of carbonyl (C=O) groups is 2. The van der Waals surface area contributed by atoms with Crippen molar-refractivity contribution in [2.45, 2.75) is 13.3 Å². The largest absolute Gasteiger partial charge is 0.326 e. The van der Waals surface area contributed by atoms with Gasteiger partial charge in [0.2, 0.25) is 5.91 Å². The maximum Gasteiger partial charge on any atom is 0.272 e. The molecule has 0 spiro atoms. The van der Waals surface area contributed by atoms with Crippen LogP contribution in [0, 0.1) is 3.57 Å². The smallest absolute Gasteiger partial charge is 0.272 e. The second-order valence-corrected chi connectivity index (χ2v) is 7.08. The molecule has 0 unspecified atom stereocenters. The summed E-state index contributed by atoms with van der Waals surface area (Å²) in [6, 6.07) is 14.5. The molecule has 0 fully saturated rings. The van der Waals surface area contributed by atoms with E-state index < -0.39 is 0 Å². The minimum absolute atomic E-state index is 0.0994. The molecule has 5 nitrogen and oxygen atoms in total. The van der Waals surface area contributed by atoms with Crippen molar-refractivity contribution in [1.82, 2.24) is 5.43 Å². The van der Waals surface area contributed by atoms with E-state index in [1.165, 1.54) is 0 Å². The number of rotatable bonds is 5. The van der Waals surface area contributed by atoms with Crippen LogP contribution in [0.3, 0.4) is 0 Å². The normalized spacial score (nSPS) is 11.0. The Hall–Kier alpha value is -1.74. The number of benzene rings is 2. The molecule has 24 heavy (non-hydrogen) atoms. The fourth-order valence-corrected chi connectivity index (χ4v) is 2.76. The lowest BCUT2D eigenvalue weighted by Gasteiger charge is -2.06. The van der Waals surface area contributed by atoms with Gasteiger partial charge in [-0.15, -0.1) is 0 Å². The van der Waals surface area contributed by atoms with Gasteiger partial charge >= 0.3 is 0 Å². The molecule has 2 N–H and O–H groups in total. The van der Waals surface area contributed by atoms with Crippen LogP contribution in [0.25, 0.3) is 0 Å². The fourth-order valence-electron chi connectivity index (χ4n) is 1.86. The Bertz CT molecular complexity index is 776. The van der Waals surface area contributed by atoms with Crippen molar-refractivity contribution in [2.24, 2.45) is 5.10 Å². The third-order valence-electron chi connectivity index (χ3n) is 3.01. The standard InChI is InChI=1S/C17H15BrIN3O2/c1-11(10-16(23)20-13-8-6-12(18)7-9-13)21-22-17(24)14-4-2-3-5-15(14)19/h2-9H,10H2,1H3,(H,20,23)(H,22,24)/b21-11+. The van der Waals surface area contributed by atoms with Crippen LogP contribution in [0.1, 0.15) is 23.7 Å². The first-order valence-electron chi connectivity index (χ1n) is 7.09. The Balaban J connectivity index is 1.89. The lowest BCUT2D eigenvalue weighted by Crippen LogP contribution is -2.22. The van der Waals surface area contributed by atoms with Gasteiger partial charge in [-0.05, 0) is 65.9 Å². The highest BCUT2D eigenvalue weighted by atomic mass is 127. The molecule has 0 radical (unpaired) electrons. The molecule has 124 valence electrons. The molecule has 2 aromatic carbocycles. The van der Waals surface area contributed by atoms with Crippen molar-refractivity contribution >= 4 is 61.7 Å². The Morgan fingerprint density at radius 1 is 1.12 bits per heavy atom. The highest BCUT2D eigenvalue weighted by molar-refractivity contribution is 14.1. The van der Waals surface area contributed by atoms with E-state index in [9.17, 15) is 9.59 Å². The van der Waals surface area contributed by atoms with Crippen LogP contribution < -0.4 is 10.7 Å². The summed E-state index contributed by atoms with van der Waals surface area (Å²) in [4.78, 5) is 24.0. The SMILES string of the molecule is C/C(CC(=O)Nc1ccc(Br)cc1)=N\NC(=O)c1ccccc1I. The molecule has 0 aliphatic heterocycles. The fraction of sp³-hybridized carbons (Fsp3) is 0.118. The summed E-state index contributed by atoms with van der Waals surface area (Å²) in [5.74, 6) is -0.491. The predicted molar refractivity (Wildman–Crippen MR) is 107 cm³/mol. The number of carbonyl (C=O) groups excluding carboxylic acids is 2. The molecule has 0 bridgehead atoms. The molecule has 0 saturated heterocycles. The van der Waals surface area contributed by atoms with E-state index in [0.29, 0.717) is 17.0 Å². The monoisotopic (exact) mass is 499 g/mol. The quantitative estimate of drug-likeness (QED) is 0.368. The van der Waals surface area contributed by atoms with Gasteiger partial charge in [0.05, 0.1) is 12.0 Å². The summed E-state index contributed by atoms with van der Waals surface area (Å²) in [6.07, 6.45) is 0.0994. The van der Waals surface area contributed by atoms with E-state index >= 15 is 0 Å². The van der Waals surface area contributed by atoms with Crippen molar-refractivity contribution in [2.75, 3.05) is 5.32 Å². The molecule has 0 heterocycles. The zero-order valence-corrected chi connectivity index (χ0v) is 16.6. The maximum atomic E-state index is 12.1. The Labute approximate surface area is 162 Å². The summed E-state index contributed by atoms with van der Waals surface area (Å²) in [6.45, 7) is 1.69. The van der Waals surface area contributed by atoms with Gasteiger partial charge in [0.25, 0.3) is 5.91 Å². The van der Waals surface area contributed by atoms with Crippen LogP contribution in [0.2, 0.25) is 0 Å². The van der Waals surface area contributed by atoms with E-state index in [2.05, 4.69) is 54.4 Å². The highest BCUT2D eigenvalue weighted by Crippen LogP contribution is 2.14. The van der Waals surface area contributed by atoms with Gasteiger partial charge in [0, 0.05) is 19.4 Å². The minimum atomic E-state index is -0.298. The van der Waals surface area contributed by atoms with Crippen LogP contribution in [0.15, 0.2) is 58.1 Å². The second kappa shape index (κ2) is 8.93. The number of hydrazone groups is 1. The Kier molecular flexibility index (Phi) is 6.92. The molecule has 0 aliphatic rings. The van der Waals surface area contributed by atoms with Gasteiger partial charge in [-0.25, -0.2) is 5.43 Å². The molecule has 0 aromatic heterocycles. The van der Waals surface area contributed by atoms with E-state index in [0.717, 1.165) is 8.04 Å². The van der Waals surface area contributed by atoms with Crippen molar-refractivity contribution in [3.8, 4) is 0 Å². The van der Waals surface area contributed by atoms with Gasteiger partial charge in [-0.1, -0.05) is 28.1 Å². The summed E-state index contributed by atoms with van der Waals surface area (Å²) < 4.78 is 1.78.